The number of alkyl carbamates (subject to hydrolysis) is 2. The number of nitrogens with one attached hydrogen (secondary N) is 2. The number of hydrogen-bond donors (Lipinski definition) is 2. The van der Waals surface area contributed by atoms with Crippen LogP contribution in [0.5, 0.6) is 0 Å². The molecule has 0 saturated carbocycles. The smallest absolute Gasteiger partial charge is 0.407 e. The van der Waals surface area contributed by atoms with Gasteiger partial charge in [0.2, 0.25) is 0 Å². The highest BCUT2D eigenvalue weighted by Gasteiger charge is 2.24. The molecular weight excluding hydrogens is 725 g/mol. The standard InChI is InChI=1S/2C13H27NO8S2/c2*1-10(8-20-23(5,16)17)7-11(9-21-24(6,18)19)14-12(15)22-13(2,3)4/h2*10-11H,7-9H2,1-6H3,(H,14,15)/t10-,11+;10-,11-/m10/s1. The zero-order chi connectivity index (χ0) is 38.4. The molecule has 0 aliphatic carbocycles. The van der Waals surface area contributed by atoms with Gasteiger partial charge in [0.15, 0.2) is 0 Å². The Hall–Kier alpha value is -1.82. The summed E-state index contributed by atoms with van der Waals surface area (Å²) in [5.41, 5.74) is -1.42. The van der Waals surface area contributed by atoms with Crippen LogP contribution in [0, 0.1) is 11.8 Å². The molecule has 0 aromatic rings. The highest BCUT2D eigenvalue weighted by molar-refractivity contribution is 7.86. The molecule has 0 unspecified atom stereocenters. The van der Waals surface area contributed by atoms with Gasteiger partial charge in [0, 0.05) is 0 Å². The van der Waals surface area contributed by atoms with E-state index in [4.69, 9.17) is 26.2 Å². The van der Waals surface area contributed by atoms with E-state index in [-0.39, 0.29) is 51.1 Å². The van der Waals surface area contributed by atoms with Crippen LogP contribution in [0.3, 0.4) is 0 Å². The van der Waals surface area contributed by atoms with E-state index in [0.717, 1.165) is 25.0 Å². The van der Waals surface area contributed by atoms with Crippen LogP contribution < -0.4 is 10.6 Å². The zero-order valence-corrected chi connectivity index (χ0v) is 33.0. The van der Waals surface area contributed by atoms with E-state index in [1.165, 1.54) is 0 Å². The van der Waals surface area contributed by atoms with E-state index in [9.17, 15) is 43.3 Å². The second-order valence-corrected chi connectivity index (χ2v) is 19.9. The average molecular weight is 779 g/mol. The third kappa shape index (κ3) is 35.5. The molecule has 22 heteroatoms. The molecule has 18 nitrogen and oxygen atoms in total. The van der Waals surface area contributed by atoms with Crippen molar-refractivity contribution in [3.63, 3.8) is 0 Å². The van der Waals surface area contributed by atoms with Crippen molar-refractivity contribution in [2.24, 2.45) is 11.8 Å². The van der Waals surface area contributed by atoms with Gasteiger partial charge in [-0.2, -0.15) is 33.7 Å². The Bertz CT molecular complexity index is 1320. The molecule has 0 saturated heterocycles. The topological polar surface area (TPSA) is 250 Å². The van der Waals surface area contributed by atoms with Gasteiger partial charge in [-0.25, -0.2) is 9.59 Å². The molecular formula is C26H54N2O16S4. The molecule has 0 rings (SSSR count). The number of amides is 2. The number of ether oxygens (including phenoxy) is 2. The van der Waals surface area contributed by atoms with Gasteiger partial charge < -0.3 is 20.1 Å². The van der Waals surface area contributed by atoms with Crippen LogP contribution in [-0.2, 0) is 66.7 Å². The third-order valence-electron chi connectivity index (χ3n) is 4.92. The molecule has 4 atom stereocenters. The predicted octanol–water partition coefficient (Wildman–Crippen LogP) is 1.72. The van der Waals surface area contributed by atoms with Crippen molar-refractivity contribution in [2.75, 3.05) is 51.5 Å². The Labute approximate surface area is 286 Å². The Morgan fingerprint density at radius 1 is 0.500 bits per heavy atom. The van der Waals surface area contributed by atoms with Gasteiger partial charge in [0.1, 0.15) is 11.2 Å². The summed E-state index contributed by atoms with van der Waals surface area (Å²) in [5.74, 6) is -0.550. The Balaban J connectivity index is 0. The molecule has 2 N–H and O–H groups in total. The SMILES string of the molecule is C[C@@H](COS(C)(=O)=O)C[C@@H](COS(C)(=O)=O)NC(=O)OC(C)(C)C.C[C@H](COS(C)(=O)=O)C[C@@H](COS(C)(=O)=O)NC(=O)OC(C)(C)C. The van der Waals surface area contributed by atoms with E-state index in [1.54, 1.807) is 55.4 Å². The minimum absolute atomic E-state index is 0.0930. The molecule has 0 aromatic heterocycles. The first-order valence-corrected chi connectivity index (χ1v) is 21.8. The summed E-state index contributed by atoms with van der Waals surface area (Å²) in [5, 5.41) is 5.04. The second-order valence-electron chi connectivity index (χ2n) is 13.3. The van der Waals surface area contributed by atoms with Crippen molar-refractivity contribution in [1.29, 1.82) is 0 Å². The lowest BCUT2D eigenvalue weighted by Crippen LogP contribution is -2.43. The third-order valence-corrected chi connectivity index (χ3v) is 7.17. The Morgan fingerprint density at radius 2 is 0.729 bits per heavy atom. The first-order chi connectivity index (χ1) is 21.1. The van der Waals surface area contributed by atoms with Gasteiger partial charge in [0.25, 0.3) is 40.5 Å². The molecule has 0 aliphatic heterocycles. The summed E-state index contributed by atoms with van der Waals surface area (Å²) in [6.07, 6.45) is 2.70. The van der Waals surface area contributed by atoms with Crippen molar-refractivity contribution in [1.82, 2.24) is 10.6 Å². The molecule has 0 heterocycles. The second kappa shape index (κ2) is 20.1. The van der Waals surface area contributed by atoms with Crippen molar-refractivity contribution in [3.8, 4) is 0 Å². The minimum atomic E-state index is -3.68. The fourth-order valence-corrected chi connectivity index (χ4v) is 5.07. The van der Waals surface area contributed by atoms with Crippen LogP contribution in [0.25, 0.3) is 0 Å². The normalized spacial score (nSPS) is 15.6. The van der Waals surface area contributed by atoms with E-state index in [2.05, 4.69) is 10.6 Å². The van der Waals surface area contributed by atoms with Crippen LogP contribution >= 0.6 is 0 Å². The lowest BCUT2D eigenvalue weighted by atomic mass is 10.0. The fourth-order valence-electron chi connectivity index (χ4n) is 3.28. The van der Waals surface area contributed by atoms with E-state index >= 15 is 0 Å². The number of carbonyl (C=O) groups is 2. The maximum Gasteiger partial charge on any atom is 0.407 e. The molecule has 2 amide bonds. The summed E-state index contributed by atoms with van der Waals surface area (Å²) in [7, 11) is -14.5. The summed E-state index contributed by atoms with van der Waals surface area (Å²) < 4.78 is 118. The fraction of sp³-hybridized carbons (Fsp3) is 0.923. The Kier molecular flexibility index (Phi) is 20.3. The molecule has 0 aliphatic rings. The summed E-state index contributed by atoms with van der Waals surface area (Å²) >= 11 is 0. The molecule has 0 fully saturated rings. The lowest BCUT2D eigenvalue weighted by molar-refractivity contribution is 0.0466. The highest BCUT2D eigenvalue weighted by Crippen LogP contribution is 2.13. The molecule has 48 heavy (non-hydrogen) atoms. The van der Waals surface area contributed by atoms with E-state index in [0.29, 0.717) is 0 Å². The number of hydrogen-bond acceptors (Lipinski definition) is 16. The molecule has 288 valence electrons. The van der Waals surface area contributed by atoms with Gasteiger partial charge in [-0.05, 0) is 66.2 Å². The molecule has 0 bridgehead atoms. The maximum absolute atomic E-state index is 11.8. The quantitative estimate of drug-likeness (QED) is 0.188. The zero-order valence-electron chi connectivity index (χ0n) is 29.7. The van der Waals surface area contributed by atoms with E-state index in [1.807, 2.05) is 0 Å². The van der Waals surface area contributed by atoms with Crippen molar-refractivity contribution < 1.29 is 69.5 Å². The lowest BCUT2D eigenvalue weighted by Gasteiger charge is -2.25. The molecule has 0 spiro atoms. The van der Waals surface area contributed by atoms with Crippen LogP contribution in [0.15, 0.2) is 0 Å². The van der Waals surface area contributed by atoms with Gasteiger partial charge in [-0.1, -0.05) is 13.8 Å². The van der Waals surface area contributed by atoms with E-state index < -0.39 is 75.9 Å². The Morgan fingerprint density at radius 3 is 0.938 bits per heavy atom. The van der Waals surface area contributed by atoms with Gasteiger partial charge >= 0.3 is 12.2 Å². The first-order valence-electron chi connectivity index (χ1n) is 14.5. The number of carbonyl (C=O) groups excluding carboxylic acids is 2. The van der Waals surface area contributed by atoms with Crippen molar-refractivity contribution >= 4 is 52.7 Å². The molecule has 0 radical (unpaired) electrons. The van der Waals surface area contributed by atoms with Crippen LogP contribution in [0.4, 0.5) is 9.59 Å². The van der Waals surface area contributed by atoms with Gasteiger partial charge in [0.05, 0.1) is 63.5 Å². The van der Waals surface area contributed by atoms with Crippen LogP contribution in [0.2, 0.25) is 0 Å². The molecule has 0 aromatic carbocycles. The largest absolute Gasteiger partial charge is 0.444 e. The van der Waals surface area contributed by atoms with Crippen LogP contribution in [0.1, 0.15) is 68.2 Å². The van der Waals surface area contributed by atoms with Crippen molar-refractivity contribution in [3.05, 3.63) is 0 Å². The maximum atomic E-state index is 11.8. The van der Waals surface area contributed by atoms with Gasteiger partial charge in [-0.15, -0.1) is 0 Å². The monoisotopic (exact) mass is 778 g/mol. The van der Waals surface area contributed by atoms with Crippen molar-refractivity contribution in [2.45, 2.75) is 91.5 Å². The van der Waals surface area contributed by atoms with Gasteiger partial charge in [-0.3, -0.25) is 16.7 Å². The predicted molar refractivity (Wildman–Crippen MR) is 177 cm³/mol. The first kappa shape index (κ1) is 48.3. The average Bonchev–Trinajstić information content (AvgIpc) is 2.79. The minimum Gasteiger partial charge on any atom is -0.444 e. The summed E-state index contributed by atoms with van der Waals surface area (Å²) in [4.78, 5) is 23.7. The highest BCUT2D eigenvalue weighted by atomic mass is 32.2. The number of rotatable bonds is 18. The van der Waals surface area contributed by atoms with Crippen LogP contribution in [-0.4, -0.2) is 121 Å². The summed E-state index contributed by atoms with van der Waals surface area (Å²) in [6.45, 7) is 12.8. The summed E-state index contributed by atoms with van der Waals surface area (Å²) in [6, 6.07) is -1.37.